The number of thiazole rings is 2. The molecule has 8 aromatic rings. The average Bonchev–Trinajstić information content (AvgIpc) is 4.09. The number of hydrogen-bond donors (Lipinski definition) is 4. The number of carboxylic acid groups (broad SMARTS) is 1. The number of aromatic nitrogens is 11. The predicted octanol–water partition coefficient (Wildman–Crippen LogP) is 10.8. The van der Waals surface area contributed by atoms with Crippen molar-refractivity contribution in [3.05, 3.63) is 120 Å². The minimum atomic E-state index is -10.7. The molecule has 0 unspecified atom stereocenters. The van der Waals surface area contributed by atoms with Crippen molar-refractivity contribution in [3.63, 3.8) is 0 Å². The van der Waals surface area contributed by atoms with E-state index in [-0.39, 0.29) is 35.5 Å². The number of rotatable bonds is 14. The number of halogens is 8. The summed E-state index contributed by atoms with van der Waals surface area (Å²) in [6.45, 7) is 1.83. The molecule has 5 N–H and O–H groups in total. The Morgan fingerprint density at radius 3 is 1.43 bits per heavy atom. The van der Waals surface area contributed by atoms with Crippen LogP contribution in [0.4, 0.5) is 47.3 Å². The predicted molar refractivity (Wildman–Crippen MR) is 283 cm³/mol. The van der Waals surface area contributed by atoms with Gasteiger partial charge in [0.1, 0.15) is 32.2 Å². The van der Waals surface area contributed by atoms with Gasteiger partial charge in [-0.3, -0.25) is 14.8 Å². The third kappa shape index (κ3) is 19.5. The van der Waals surface area contributed by atoms with Crippen LogP contribution in [0.25, 0.3) is 33.8 Å². The molecule has 0 amide bonds. The number of nitrogens with two attached hydrogens (primary N) is 1. The van der Waals surface area contributed by atoms with Crippen molar-refractivity contribution in [3.8, 4) is 22.8 Å². The second-order valence-corrected chi connectivity index (χ2v) is 21.9. The molecular weight excluding hydrogens is 1110 g/mol. The largest absolute Gasteiger partial charge is 0.477 e. The summed E-state index contributed by atoms with van der Waals surface area (Å²) in [7, 11) is 0.739. The van der Waals surface area contributed by atoms with E-state index in [2.05, 4.69) is 80.6 Å². The van der Waals surface area contributed by atoms with E-state index in [4.69, 9.17) is 4.62 Å². The summed E-state index contributed by atoms with van der Waals surface area (Å²) in [5.74, 6) is -0.203. The monoisotopic (exact) mass is 1160 g/mol. The molecule has 0 aliphatic carbocycles. The summed E-state index contributed by atoms with van der Waals surface area (Å²) < 4.78 is 71.7. The molecule has 8 rings (SSSR count). The molecular formula is C41H51Cl2F6N17O4P2S2. The van der Waals surface area contributed by atoms with Crippen molar-refractivity contribution in [2.24, 2.45) is 5.73 Å². The topological polar surface area (TPSA) is 257 Å². The molecule has 0 atom stereocenters. The molecule has 0 aliphatic heterocycles. The molecule has 1 aromatic carbocycles. The molecule has 21 nitrogen and oxygen atoms in total. The first-order chi connectivity index (χ1) is 33.9. The van der Waals surface area contributed by atoms with Gasteiger partial charge in [0.05, 0.1) is 11.4 Å². The van der Waals surface area contributed by atoms with Gasteiger partial charge < -0.3 is 21.5 Å². The molecule has 0 saturated heterocycles. The molecule has 7 heterocycles. The Morgan fingerprint density at radius 1 is 0.649 bits per heavy atom. The number of aromatic carboxylic acids is 1. The molecule has 0 bridgehead atoms. The first-order valence-electron chi connectivity index (χ1n) is 20.6. The Kier molecular flexibility index (Phi) is 23.6. The van der Waals surface area contributed by atoms with Crippen LogP contribution in [-0.4, -0.2) is 135 Å². The normalized spacial score (nSPS) is 11.8. The van der Waals surface area contributed by atoms with E-state index < -0.39 is 21.7 Å². The summed E-state index contributed by atoms with van der Waals surface area (Å²) >= 11 is 2.31. The third-order valence-electron chi connectivity index (χ3n) is 8.48. The third-order valence-corrected chi connectivity index (χ3v) is 13.9. The minimum Gasteiger partial charge on any atom is -0.477 e. The van der Waals surface area contributed by atoms with Gasteiger partial charge in [0.2, 0.25) is 11.9 Å². The van der Waals surface area contributed by atoms with E-state index in [0.29, 0.717) is 56.2 Å². The fraction of sp³-hybridized carbons (Fsp3) is 0.220. The second-order valence-electron chi connectivity index (χ2n) is 14.3. The number of carbonyl (C=O) groups is 2. The Bertz CT molecular complexity index is 2950. The molecule has 0 spiro atoms. The number of Topliss-reactive ketones (excluding diaryl/α,β-unsaturated/α-hetero) is 1. The summed E-state index contributed by atoms with van der Waals surface area (Å²) in [6, 6.07) is 22.0. The summed E-state index contributed by atoms with van der Waals surface area (Å²) in [4.78, 5) is 59.1. The number of pyridine rings is 2. The molecule has 7 aromatic heterocycles. The van der Waals surface area contributed by atoms with Crippen LogP contribution in [0, 0.1) is 0 Å². The fourth-order valence-corrected chi connectivity index (χ4v) is 10.5. The standard InChI is InChI=1S/C15H13N5OS.C13H9N5O2S.C12H22N6OP.CH5N.2ClH.F6P/c1-2-11(21)13-12(10-6-3-4-7-16-10)19-15(22-13)20-14-17-8-5-9-18-14;19-11(20)10-9(8-4-1-2-5-14-8)17-13(21-10)18-12-15-6-3-7-16-12;1-15(2)20(16(3)4,17(5)6)19-18-12-10-8-7-9-11(12)13-14-18;1-2;;;1-7(2,3,4,5)6/h3-9H,2H2,1H3,(H,17,18,19,20);1-7H,(H,19,20)(H,15,16,17,18);7-10H,1-6H3;2H2,1H3;2*1H;/q;;+1;;;;-1. The smallest absolute Gasteiger partial charge is 0.348 e. The van der Waals surface area contributed by atoms with Crippen LogP contribution < -0.4 is 21.0 Å². The zero-order valence-electron chi connectivity index (χ0n) is 40.4. The summed E-state index contributed by atoms with van der Waals surface area (Å²) in [5, 5.41) is 24.4. The van der Waals surface area contributed by atoms with Gasteiger partial charge in [0.25, 0.3) is 0 Å². The van der Waals surface area contributed by atoms with Crippen LogP contribution >= 0.6 is 63.2 Å². The van der Waals surface area contributed by atoms with E-state index in [9.17, 15) is 39.9 Å². The van der Waals surface area contributed by atoms with Crippen molar-refractivity contribution < 1.29 is 44.5 Å². The number of anilines is 4. The number of carboxylic acids is 1. The number of hydrogen-bond acceptors (Lipinski definition) is 21. The van der Waals surface area contributed by atoms with Gasteiger partial charge in [-0.15, -0.1) is 43.9 Å². The second kappa shape index (κ2) is 27.3. The Balaban J connectivity index is 0.000000347. The average molecular weight is 1160 g/mol. The van der Waals surface area contributed by atoms with Crippen LogP contribution in [0.1, 0.15) is 32.7 Å². The van der Waals surface area contributed by atoms with Gasteiger partial charge in [-0.1, -0.05) is 53.9 Å². The first-order valence-corrected chi connectivity index (χ1v) is 25.8. The van der Waals surface area contributed by atoms with Crippen molar-refractivity contribution in [1.82, 2.24) is 69.0 Å². The van der Waals surface area contributed by atoms with Crippen LogP contribution in [0.2, 0.25) is 0 Å². The van der Waals surface area contributed by atoms with Crippen LogP contribution in [0.5, 0.6) is 0 Å². The molecule has 33 heteroatoms. The molecule has 0 fully saturated rings. The maximum atomic E-state index is 12.2. The van der Waals surface area contributed by atoms with Crippen molar-refractivity contribution >= 4 is 108 Å². The first kappa shape index (κ1) is 63.9. The van der Waals surface area contributed by atoms with E-state index in [1.54, 1.807) is 67.5 Å². The van der Waals surface area contributed by atoms with Gasteiger partial charge in [-0.05, 0) is 65.6 Å². The number of nitrogens with one attached hydrogen (secondary N) is 2. The van der Waals surface area contributed by atoms with E-state index in [1.807, 2.05) is 91.7 Å². The van der Waals surface area contributed by atoms with Crippen molar-refractivity contribution in [2.45, 2.75) is 13.3 Å². The number of fused-ring (bicyclic) bond motifs is 1. The van der Waals surface area contributed by atoms with Crippen molar-refractivity contribution in [2.75, 3.05) is 60.0 Å². The minimum absolute atomic E-state index is 0. The van der Waals surface area contributed by atoms with E-state index >= 15 is 0 Å². The van der Waals surface area contributed by atoms with Crippen LogP contribution in [0.15, 0.2) is 110 Å². The number of para-hydroxylation sites is 1. The molecule has 74 heavy (non-hydrogen) atoms. The van der Waals surface area contributed by atoms with Crippen molar-refractivity contribution in [1.29, 1.82) is 0 Å². The van der Waals surface area contributed by atoms with Gasteiger partial charge >= 0.3 is 46.9 Å². The molecule has 0 radical (unpaired) electrons. The quantitative estimate of drug-likeness (QED) is 0.0448. The SMILES string of the molecule is CCC(=O)c1sc(Nc2ncccn2)nc1-c1ccccn1.CN.CN(C)[P+](On1nnc2ccccc21)(N(C)C)N(C)C.Cl.Cl.F[P-](F)(F)(F)(F)F.O=C(O)c1sc(Nc2ncccn2)nc1-c1ccccn1. The van der Waals surface area contributed by atoms with Gasteiger partial charge in [-0.25, -0.2) is 34.7 Å². The molecule has 0 aliphatic rings. The van der Waals surface area contributed by atoms with Crippen LogP contribution in [-0.2, 0) is 0 Å². The van der Waals surface area contributed by atoms with Gasteiger partial charge in [0, 0.05) is 85.9 Å². The maximum absolute atomic E-state index is 12.2. The molecule has 0 saturated carbocycles. The zero-order valence-corrected chi connectivity index (χ0v) is 45.5. The Hall–Kier alpha value is -6.26. The summed E-state index contributed by atoms with van der Waals surface area (Å²) in [6.07, 6.45) is 10.1. The zero-order chi connectivity index (χ0) is 53.3. The van der Waals surface area contributed by atoms with Gasteiger partial charge in [-0.2, -0.15) is 4.62 Å². The maximum Gasteiger partial charge on any atom is 0.348 e. The van der Waals surface area contributed by atoms with E-state index in [0.717, 1.165) is 22.4 Å². The number of benzene rings is 1. The Morgan fingerprint density at radius 2 is 1.04 bits per heavy atom. The fourth-order valence-electron chi connectivity index (χ4n) is 5.82. The molecule has 402 valence electrons. The number of ketones is 1. The van der Waals surface area contributed by atoms with E-state index in [1.165, 1.54) is 23.2 Å². The number of nitrogens with zero attached hydrogens (tertiary/aromatic N) is 14. The summed E-state index contributed by atoms with van der Waals surface area (Å²) in [5.41, 5.74) is 8.29. The number of carbonyl (C=O) groups excluding carboxylic acids is 1. The van der Waals surface area contributed by atoms with Gasteiger partial charge in [0.15, 0.2) is 16.0 Å². The van der Waals surface area contributed by atoms with Crippen LogP contribution in [0.3, 0.4) is 0 Å². The Labute approximate surface area is 441 Å².